The molecule has 0 radical (unpaired) electrons. The summed E-state index contributed by atoms with van der Waals surface area (Å²) in [5, 5.41) is 2.64. The average molecular weight is 768 g/mol. The molecule has 1 spiro atoms. The van der Waals surface area contributed by atoms with E-state index in [1.807, 2.05) is 0 Å². The van der Waals surface area contributed by atoms with Crippen LogP contribution in [0.2, 0.25) is 0 Å². The van der Waals surface area contributed by atoms with Gasteiger partial charge in [0.25, 0.3) is 0 Å². The van der Waals surface area contributed by atoms with Crippen LogP contribution in [0.5, 0.6) is 0 Å². The Morgan fingerprint density at radius 1 is 0.433 bits per heavy atom. The standard InChI is InChI=1S/C59H45N/c1-58(2)50-23-11-13-25-52(50)59(53-26-14-12-24-51(53)58)49-31-30-44(42-28-29-43-32-40-20-9-10-21-41(40)33-45(43)34-42)35-48(49)57-47(22-15-27-54(57)59)46-36-55(38-16-5-3-6-17-38)60-56(37-46)39-18-7-4-8-19-39/h3-27,32-37H,28-31H2,1-2H3. The summed E-state index contributed by atoms with van der Waals surface area (Å²) in [6.07, 6.45) is 9.28. The maximum atomic E-state index is 5.31. The first-order valence-electron chi connectivity index (χ1n) is 21.6. The zero-order valence-electron chi connectivity index (χ0n) is 34.2. The molecule has 0 fully saturated rings. The van der Waals surface area contributed by atoms with Gasteiger partial charge in [-0.15, -0.1) is 0 Å². The number of allylic oxidation sites excluding steroid dienone is 5. The second-order valence-corrected chi connectivity index (χ2v) is 17.7. The van der Waals surface area contributed by atoms with Crippen molar-refractivity contribution in [1.29, 1.82) is 0 Å². The average Bonchev–Trinajstić information content (AvgIpc) is 3.61. The van der Waals surface area contributed by atoms with Crippen LogP contribution in [-0.4, -0.2) is 4.98 Å². The molecule has 8 aromatic rings. The summed E-state index contributed by atoms with van der Waals surface area (Å²) in [7, 11) is 0. The Kier molecular flexibility index (Phi) is 7.82. The Labute approximate surface area is 353 Å². The van der Waals surface area contributed by atoms with Gasteiger partial charge in [0.2, 0.25) is 0 Å². The number of rotatable bonds is 4. The monoisotopic (exact) mass is 767 g/mol. The number of benzene rings is 7. The number of pyridine rings is 1. The lowest BCUT2D eigenvalue weighted by molar-refractivity contribution is 0.549. The molecule has 0 atom stereocenters. The van der Waals surface area contributed by atoms with E-state index in [4.69, 9.17) is 4.98 Å². The van der Waals surface area contributed by atoms with E-state index in [-0.39, 0.29) is 5.41 Å². The second kappa shape index (κ2) is 13.3. The number of hydrogen-bond acceptors (Lipinski definition) is 1. The molecule has 0 bridgehead atoms. The fourth-order valence-electron chi connectivity index (χ4n) is 11.4. The minimum Gasteiger partial charge on any atom is -0.248 e. The van der Waals surface area contributed by atoms with E-state index in [2.05, 4.69) is 202 Å². The molecule has 0 saturated carbocycles. The number of nitrogens with zero attached hydrogens (tertiary/aromatic N) is 1. The van der Waals surface area contributed by atoms with Crippen molar-refractivity contribution in [1.82, 2.24) is 4.98 Å². The molecule has 4 aliphatic rings. The highest BCUT2D eigenvalue weighted by molar-refractivity contribution is 5.99. The van der Waals surface area contributed by atoms with E-state index in [9.17, 15) is 0 Å². The molecule has 7 aromatic carbocycles. The second-order valence-electron chi connectivity index (χ2n) is 17.7. The molecule has 12 rings (SSSR count). The lowest BCUT2D eigenvalue weighted by Crippen LogP contribution is -2.41. The highest BCUT2D eigenvalue weighted by Crippen LogP contribution is 2.64. The molecule has 1 aromatic heterocycles. The van der Waals surface area contributed by atoms with Crippen molar-refractivity contribution in [2.75, 3.05) is 0 Å². The van der Waals surface area contributed by atoms with Gasteiger partial charge < -0.3 is 0 Å². The van der Waals surface area contributed by atoms with E-state index in [1.54, 1.807) is 0 Å². The van der Waals surface area contributed by atoms with Gasteiger partial charge in [-0.1, -0.05) is 184 Å². The molecule has 1 heterocycles. The summed E-state index contributed by atoms with van der Waals surface area (Å²) in [5.74, 6) is 0. The van der Waals surface area contributed by atoms with Gasteiger partial charge in [0.15, 0.2) is 0 Å². The van der Waals surface area contributed by atoms with Crippen molar-refractivity contribution in [3.8, 4) is 33.6 Å². The first kappa shape index (κ1) is 35.1. The summed E-state index contributed by atoms with van der Waals surface area (Å²) >= 11 is 0. The minimum absolute atomic E-state index is 0.139. The lowest BCUT2D eigenvalue weighted by Gasteiger charge is -2.48. The molecule has 0 amide bonds. The van der Waals surface area contributed by atoms with Crippen molar-refractivity contribution in [2.24, 2.45) is 0 Å². The van der Waals surface area contributed by atoms with E-state index in [0.29, 0.717) is 0 Å². The molecule has 0 N–H and O–H groups in total. The Morgan fingerprint density at radius 2 is 0.967 bits per heavy atom. The van der Waals surface area contributed by atoms with Crippen LogP contribution in [0.4, 0.5) is 0 Å². The predicted octanol–water partition coefficient (Wildman–Crippen LogP) is 14.7. The quantitative estimate of drug-likeness (QED) is 0.174. The van der Waals surface area contributed by atoms with Gasteiger partial charge in [-0.25, -0.2) is 4.98 Å². The zero-order chi connectivity index (χ0) is 40.0. The van der Waals surface area contributed by atoms with Crippen molar-refractivity contribution >= 4 is 22.4 Å². The molecular weight excluding hydrogens is 723 g/mol. The summed E-state index contributed by atoms with van der Waals surface area (Å²) < 4.78 is 0. The first-order valence-corrected chi connectivity index (χ1v) is 21.6. The van der Waals surface area contributed by atoms with Crippen molar-refractivity contribution in [3.05, 3.63) is 243 Å². The topological polar surface area (TPSA) is 12.9 Å². The van der Waals surface area contributed by atoms with Crippen LogP contribution in [0.25, 0.3) is 56.1 Å². The third-order valence-corrected chi connectivity index (χ3v) is 14.2. The van der Waals surface area contributed by atoms with Crippen LogP contribution in [0.3, 0.4) is 0 Å². The van der Waals surface area contributed by atoms with Gasteiger partial charge >= 0.3 is 0 Å². The van der Waals surface area contributed by atoms with Crippen molar-refractivity contribution in [2.45, 2.75) is 50.4 Å². The normalized spacial score (nSPS) is 16.6. The molecule has 0 aliphatic heterocycles. The van der Waals surface area contributed by atoms with E-state index in [1.165, 1.54) is 88.7 Å². The fourth-order valence-corrected chi connectivity index (χ4v) is 11.4. The van der Waals surface area contributed by atoms with Crippen molar-refractivity contribution in [3.63, 3.8) is 0 Å². The van der Waals surface area contributed by atoms with Gasteiger partial charge in [-0.05, 0) is 133 Å². The number of hydrogen-bond donors (Lipinski definition) is 0. The SMILES string of the molecule is CC1(C)c2ccccc2C2(C3=C(C=C(C4=Cc5cc6ccccc6cc5CC4)CC3)c3c(-c4cc(-c5ccccc5)nc(-c5ccccc5)c4)cccc32)c2ccccc21. The third-order valence-electron chi connectivity index (χ3n) is 14.2. The van der Waals surface area contributed by atoms with Gasteiger partial charge in [0.05, 0.1) is 16.8 Å². The molecule has 1 heteroatoms. The Hall–Kier alpha value is -6.83. The molecule has 60 heavy (non-hydrogen) atoms. The highest BCUT2D eigenvalue weighted by Gasteiger charge is 2.54. The third kappa shape index (κ3) is 5.15. The Balaban J connectivity index is 1.14. The summed E-state index contributed by atoms with van der Waals surface area (Å²) in [5.41, 5.74) is 23.3. The zero-order valence-corrected chi connectivity index (χ0v) is 34.2. The molecule has 286 valence electrons. The number of aryl methyl sites for hydroxylation is 1. The van der Waals surface area contributed by atoms with Crippen LogP contribution >= 0.6 is 0 Å². The van der Waals surface area contributed by atoms with E-state index >= 15 is 0 Å². The van der Waals surface area contributed by atoms with E-state index in [0.717, 1.165) is 48.2 Å². The van der Waals surface area contributed by atoms with Crippen LogP contribution in [0.15, 0.2) is 199 Å². The molecule has 0 unspecified atom stereocenters. The Bertz CT molecular complexity index is 3050. The fraction of sp³-hybridized carbons (Fsp3) is 0.136. The lowest BCUT2D eigenvalue weighted by atomic mass is 9.54. The van der Waals surface area contributed by atoms with Gasteiger partial charge in [-0.2, -0.15) is 0 Å². The molecular formula is C59H45N. The largest absolute Gasteiger partial charge is 0.248 e. The number of fused-ring (bicyclic) bond motifs is 10. The summed E-state index contributed by atoms with van der Waals surface area (Å²) in [4.78, 5) is 5.31. The van der Waals surface area contributed by atoms with Gasteiger partial charge in [0, 0.05) is 16.5 Å². The number of aromatic nitrogens is 1. The molecule has 0 saturated heterocycles. The highest BCUT2D eigenvalue weighted by atomic mass is 14.7. The van der Waals surface area contributed by atoms with Gasteiger partial charge in [-0.3, -0.25) is 0 Å². The molecule has 1 nitrogen and oxygen atoms in total. The van der Waals surface area contributed by atoms with E-state index < -0.39 is 5.41 Å². The summed E-state index contributed by atoms with van der Waals surface area (Å²) in [6, 6.07) is 65.5. The predicted molar refractivity (Wildman–Crippen MR) is 250 cm³/mol. The van der Waals surface area contributed by atoms with Crippen LogP contribution in [-0.2, 0) is 17.3 Å². The van der Waals surface area contributed by atoms with Gasteiger partial charge in [0.1, 0.15) is 0 Å². The first-order chi connectivity index (χ1) is 29.5. The van der Waals surface area contributed by atoms with Crippen LogP contribution in [0.1, 0.15) is 77.6 Å². The maximum absolute atomic E-state index is 5.31. The van der Waals surface area contributed by atoms with Crippen LogP contribution < -0.4 is 0 Å². The van der Waals surface area contributed by atoms with Crippen LogP contribution in [0, 0.1) is 0 Å². The maximum Gasteiger partial charge on any atom is 0.0715 e. The minimum atomic E-state index is -0.407. The van der Waals surface area contributed by atoms with Crippen molar-refractivity contribution < 1.29 is 0 Å². The smallest absolute Gasteiger partial charge is 0.0715 e. The summed E-state index contributed by atoms with van der Waals surface area (Å²) in [6.45, 7) is 4.84. The Morgan fingerprint density at radius 3 is 1.62 bits per heavy atom. The molecule has 4 aliphatic carbocycles.